The molecule has 55 valence electrons. The Morgan fingerprint density at radius 2 is 2.25 bits per heavy atom. The zero-order valence-corrected chi connectivity index (χ0v) is 9.09. The summed E-state index contributed by atoms with van der Waals surface area (Å²) in [5.74, 6) is 0. The molecule has 0 bridgehead atoms. The van der Waals surface area contributed by atoms with Crippen molar-refractivity contribution in [3.05, 3.63) is 29.3 Å². The van der Waals surface area contributed by atoms with Crippen molar-refractivity contribution in [3.8, 4) is 6.07 Å². The molecule has 0 aromatic heterocycles. The molecular formula is C9H8N2Na. The summed E-state index contributed by atoms with van der Waals surface area (Å²) in [5.41, 5.74) is 3.21. The van der Waals surface area contributed by atoms with E-state index in [1.165, 1.54) is 11.3 Å². The van der Waals surface area contributed by atoms with E-state index in [0.29, 0.717) is 0 Å². The number of nitriles is 1. The van der Waals surface area contributed by atoms with Gasteiger partial charge in [-0.1, -0.05) is 0 Å². The first-order chi connectivity index (χ1) is 5.40. The summed E-state index contributed by atoms with van der Waals surface area (Å²) in [6.07, 6.45) is 1.05. The average molecular weight is 167 g/mol. The van der Waals surface area contributed by atoms with Crippen LogP contribution in [0.2, 0.25) is 0 Å². The van der Waals surface area contributed by atoms with Gasteiger partial charge in [-0.2, -0.15) is 5.26 Å². The first-order valence-electron chi connectivity index (χ1n) is 3.67. The monoisotopic (exact) mass is 167 g/mol. The van der Waals surface area contributed by atoms with Crippen molar-refractivity contribution in [2.45, 2.75) is 6.42 Å². The van der Waals surface area contributed by atoms with Crippen molar-refractivity contribution >= 4 is 35.2 Å². The van der Waals surface area contributed by atoms with Gasteiger partial charge < -0.3 is 5.32 Å². The van der Waals surface area contributed by atoms with Crippen LogP contribution in [-0.4, -0.2) is 36.1 Å². The number of hydrogen-bond donors (Lipinski definition) is 1. The molecule has 0 atom stereocenters. The van der Waals surface area contributed by atoms with E-state index in [2.05, 4.69) is 11.4 Å². The molecule has 0 saturated carbocycles. The molecule has 1 aliphatic rings. The SMILES string of the molecule is N#Cc1ccc2c(c1)CCN2.[Na]. The van der Waals surface area contributed by atoms with Gasteiger partial charge in [-0.3, -0.25) is 0 Å². The molecular weight excluding hydrogens is 159 g/mol. The number of nitrogens with one attached hydrogen (secondary N) is 1. The van der Waals surface area contributed by atoms with E-state index < -0.39 is 0 Å². The summed E-state index contributed by atoms with van der Waals surface area (Å²) >= 11 is 0. The smallest absolute Gasteiger partial charge is 0.0991 e. The van der Waals surface area contributed by atoms with Crippen LogP contribution in [0.5, 0.6) is 0 Å². The first-order valence-corrected chi connectivity index (χ1v) is 3.67. The zero-order chi connectivity index (χ0) is 7.68. The molecule has 2 nitrogen and oxygen atoms in total. The molecule has 1 aromatic rings. The van der Waals surface area contributed by atoms with Gasteiger partial charge in [-0.15, -0.1) is 0 Å². The Balaban J connectivity index is 0.000000720. The Morgan fingerprint density at radius 1 is 1.42 bits per heavy atom. The van der Waals surface area contributed by atoms with Gasteiger partial charge in [0.1, 0.15) is 0 Å². The number of benzene rings is 1. The van der Waals surface area contributed by atoms with E-state index >= 15 is 0 Å². The third-order valence-electron chi connectivity index (χ3n) is 1.94. The minimum atomic E-state index is 0. The number of hydrogen-bond acceptors (Lipinski definition) is 2. The van der Waals surface area contributed by atoms with Crippen molar-refractivity contribution in [2.75, 3.05) is 11.9 Å². The fraction of sp³-hybridized carbons (Fsp3) is 0.222. The third kappa shape index (κ3) is 1.64. The third-order valence-corrected chi connectivity index (χ3v) is 1.94. The van der Waals surface area contributed by atoms with E-state index in [-0.39, 0.29) is 29.6 Å². The topological polar surface area (TPSA) is 35.8 Å². The quantitative estimate of drug-likeness (QED) is 0.588. The number of nitrogens with zero attached hydrogens (tertiary/aromatic N) is 1. The van der Waals surface area contributed by atoms with Gasteiger partial charge in [0.05, 0.1) is 11.6 Å². The Morgan fingerprint density at radius 3 is 3.00 bits per heavy atom. The van der Waals surface area contributed by atoms with E-state index in [9.17, 15) is 0 Å². The molecule has 0 saturated heterocycles. The fourth-order valence-corrected chi connectivity index (χ4v) is 1.37. The molecule has 0 fully saturated rings. The Labute approximate surface area is 93.9 Å². The van der Waals surface area contributed by atoms with Crippen LogP contribution in [0, 0.1) is 11.3 Å². The largest absolute Gasteiger partial charge is 0.384 e. The Hall–Kier alpha value is -0.490. The van der Waals surface area contributed by atoms with E-state index in [0.717, 1.165) is 18.5 Å². The second-order valence-electron chi connectivity index (χ2n) is 2.66. The van der Waals surface area contributed by atoms with Crippen molar-refractivity contribution in [2.24, 2.45) is 0 Å². The number of anilines is 1. The van der Waals surface area contributed by atoms with Crippen molar-refractivity contribution in [3.63, 3.8) is 0 Å². The molecule has 1 aromatic carbocycles. The molecule has 0 amide bonds. The fourth-order valence-electron chi connectivity index (χ4n) is 1.37. The average Bonchev–Trinajstić information content (AvgIpc) is 2.50. The predicted octanol–water partition coefficient (Wildman–Crippen LogP) is 1.15. The number of rotatable bonds is 0. The second kappa shape index (κ2) is 3.95. The van der Waals surface area contributed by atoms with Crippen LogP contribution in [0.15, 0.2) is 18.2 Å². The maximum Gasteiger partial charge on any atom is 0.0991 e. The second-order valence-corrected chi connectivity index (χ2v) is 2.66. The molecule has 1 heterocycles. The van der Waals surface area contributed by atoms with Crippen molar-refractivity contribution < 1.29 is 0 Å². The van der Waals surface area contributed by atoms with E-state index in [4.69, 9.17) is 5.26 Å². The standard InChI is InChI=1S/C9H8N2.Na/c10-6-7-1-2-9-8(5-7)3-4-11-9;/h1-2,5,11H,3-4H2;. The predicted molar refractivity (Wildman–Crippen MR) is 49.1 cm³/mol. The summed E-state index contributed by atoms with van der Waals surface area (Å²) in [7, 11) is 0. The zero-order valence-electron chi connectivity index (χ0n) is 7.09. The van der Waals surface area contributed by atoms with Gasteiger partial charge >= 0.3 is 0 Å². The summed E-state index contributed by atoms with van der Waals surface area (Å²) in [6.45, 7) is 1.00. The van der Waals surface area contributed by atoms with Crippen LogP contribution in [-0.2, 0) is 6.42 Å². The van der Waals surface area contributed by atoms with Gasteiger partial charge in [0.15, 0.2) is 0 Å². The van der Waals surface area contributed by atoms with E-state index in [1.807, 2.05) is 18.2 Å². The molecule has 1 N–H and O–H groups in total. The molecule has 0 unspecified atom stereocenters. The maximum absolute atomic E-state index is 8.60. The number of fused-ring (bicyclic) bond motifs is 1. The summed E-state index contributed by atoms with van der Waals surface area (Å²) < 4.78 is 0. The van der Waals surface area contributed by atoms with Crippen molar-refractivity contribution in [1.82, 2.24) is 0 Å². The van der Waals surface area contributed by atoms with Crippen LogP contribution in [0.3, 0.4) is 0 Å². The van der Waals surface area contributed by atoms with Crippen LogP contribution in [0.4, 0.5) is 5.69 Å². The van der Waals surface area contributed by atoms with Crippen LogP contribution >= 0.6 is 0 Å². The molecule has 1 aliphatic heterocycles. The Kier molecular flexibility index (Phi) is 3.16. The van der Waals surface area contributed by atoms with E-state index in [1.54, 1.807) is 0 Å². The Bertz CT molecular complexity index is 328. The molecule has 0 spiro atoms. The normalized spacial score (nSPS) is 12.2. The van der Waals surface area contributed by atoms with Gasteiger partial charge in [0.25, 0.3) is 0 Å². The summed E-state index contributed by atoms with van der Waals surface area (Å²) in [4.78, 5) is 0. The van der Waals surface area contributed by atoms with Crippen molar-refractivity contribution in [1.29, 1.82) is 5.26 Å². The summed E-state index contributed by atoms with van der Waals surface area (Å²) in [5, 5.41) is 11.8. The van der Waals surface area contributed by atoms with Crippen LogP contribution in [0.25, 0.3) is 0 Å². The first kappa shape index (κ1) is 9.60. The minimum absolute atomic E-state index is 0. The molecule has 3 heteroatoms. The van der Waals surface area contributed by atoms with Crippen LogP contribution in [0.1, 0.15) is 11.1 Å². The maximum atomic E-state index is 8.60. The van der Waals surface area contributed by atoms with Gasteiger partial charge in [0, 0.05) is 41.8 Å². The van der Waals surface area contributed by atoms with Gasteiger partial charge in [-0.05, 0) is 30.2 Å². The molecule has 12 heavy (non-hydrogen) atoms. The van der Waals surface area contributed by atoms with Crippen LogP contribution < -0.4 is 5.32 Å². The van der Waals surface area contributed by atoms with Gasteiger partial charge in [0.2, 0.25) is 0 Å². The molecule has 0 aliphatic carbocycles. The molecule has 2 rings (SSSR count). The minimum Gasteiger partial charge on any atom is -0.384 e. The summed E-state index contributed by atoms with van der Waals surface area (Å²) in [6, 6.07) is 7.90. The van der Waals surface area contributed by atoms with Gasteiger partial charge in [-0.25, -0.2) is 0 Å². The molecule has 1 radical (unpaired) electrons.